The van der Waals surface area contributed by atoms with Gasteiger partial charge in [0.2, 0.25) is 0 Å². The van der Waals surface area contributed by atoms with Gasteiger partial charge in [-0.3, -0.25) is 13.9 Å². The van der Waals surface area contributed by atoms with Gasteiger partial charge in [0.05, 0.1) is 0 Å². The molecule has 2 aliphatic rings. The van der Waals surface area contributed by atoms with Crippen molar-refractivity contribution < 1.29 is 9.90 Å². The minimum absolute atomic E-state index is 0.238. The first-order valence-corrected chi connectivity index (χ1v) is 14.2. The molecule has 38 heavy (non-hydrogen) atoms. The third-order valence-corrected chi connectivity index (χ3v) is 8.44. The summed E-state index contributed by atoms with van der Waals surface area (Å²) in [6.45, 7) is 1.01. The zero-order valence-corrected chi connectivity index (χ0v) is 22.0. The quantitative estimate of drug-likeness (QED) is 0.359. The van der Waals surface area contributed by atoms with Crippen molar-refractivity contribution in [3.05, 3.63) is 56.7 Å². The molecule has 202 valence electrons. The molecular formula is C30H38N4O4. The molecule has 2 aromatic heterocycles. The van der Waals surface area contributed by atoms with E-state index in [4.69, 9.17) is 5.11 Å². The predicted octanol–water partition coefficient (Wildman–Crippen LogP) is 5.59. The minimum Gasteiger partial charge on any atom is -0.478 e. The van der Waals surface area contributed by atoms with Crippen LogP contribution in [0.5, 0.6) is 0 Å². The van der Waals surface area contributed by atoms with Crippen molar-refractivity contribution in [2.24, 2.45) is 11.8 Å². The fourth-order valence-electron chi connectivity index (χ4n) is 6.20. The van der Waals surface area contributed by atoms with Crippen molar-refractivity contribution in [2.45, 2.75) is 90.1 Å². The number of hydrogen-bond donors (Lipinski definition) is 2. The number of hydrogen-bond acceptors (Lipinski definition) is 4. The molecule has 0 unspecified atom stereocenters. The average Bonchev–Trinajstić information content (AvgIpc) is 3.39. The second kappa shape index (κ2) is 12.0. The molecule has 8 heteroatoms. The molecule has 0 bridgehead atoms. The predicted molar refractivity (Wildman–Crippen MR) is 149 cm³/mol. The SMILES string of the molecule is O=C(O)/C=C/c1ccc(-c2nc3c(=O)n(CCC4CCCCC4)c(=O)n(CCC4CCCCC4)c3[nH]2)cc1. The van der Waals surface area contributed by atoms with Gasteiger partial charge in [-0.25, -0.2) is 14.6 Å². The number of aromatic nitrogens is 4. The molecule has 3 aromatic rings. The molecule has 2 saturated carbocycles. The molecule has 5 rings (SSSR count). The summed E-state index contributed by atoms with van der Waals surface area (Å²) in [6.07, 6.45) is 16.7. The third-order valence-electron chi connectivity index (χ3n) is 8.44. The van der Waals surface area contributed by atoms with Crippen LogP contribution in [0.3, 0.4) is 0 Å². The van der Waals surface area contributed by atoms with Gasteiger partial charge in [-0.15, -0.1) is 0 Å². The molecule has 2 aliphatic carbocycles. The molecule has 0 radical (unpaired) electrons. The van der Waals surface area contributed by atoms with E-state index in [-0.39, 0.29) is 11.2 Å². The Morgan fingerprint density at radius 3 is 2.05 bits per heavy atom. The van der Waals surface area contributed by atoms with Crippen molar-refractivity contribution in [2.75, 3.05) is 0 Å². The summed E-state index contributed by atoms with van der Waals surface area (Å²) in [5, 5.41) is 8.86. The van der Waals surface area contributed by atoms with Gasteiger partial charge in [-0.1, -0.05) is 88.5 Å². The van der Waals surface area contributed by atoms with Gasteiger partial charge in [-0.2, -0.15) is 0 Å². The maximum atomic E-state index is 13.7. The number of imidazole rings is 1. The van der Waals surface area contributed by atoms with Crippen LogP contribution in [0.4, 0.5) is 0 Å². The van der Waals surface area contributed by atoms with E-state index in [2.05, 4.69) is 9.97 Å². The Morgan fingerprint density at radius 2 is 1.47 bits per heavy atom. The second-order valence-corrected chi connectivity index (χ2v) is 11.1. The van der Waals surface area contributed by atoms with Gasteiger partial charge < -0.3 is 10.1 Å². The van der Waals surface area contributed by atoms with Crippen molar-refractivity contribution >= 4 is 23.2 Å². The van der Waals surface area contributed by atoms with E-state index in [0.29, 0.717) is 41.9 Å². The first-order valence-electron chi connectivity index (χ1n) is 14.2. The molecule has 1 aromatic carbocycles. The van der Waals surface area contributed by atoms with Crippen LogP contribution in [-0.2, 0) is 17.9 Å². The minimum atomic E-state index is -1.00. The maximum Gasteiger partial charge on any atom is 0.332 e. The lowest BCUT2D eigenvalue weighted by Crippen LogP contribution is -2.41. The molecule has 8 nitrogen and oxygen atoms in total. The van der Waals surface area contributed by atoms with E-state index in [1.165, 1.54) is 74.9 Å². The fraction of sp³-hybridized carbons (Fsp3) is 0.533. The highest BCUT2D eigenvalue weighted by molar-refractivity contribution is 5.85. The van der Waals surface area contributed by atoms with E-state index in [0.717, 1.165) is 30.0 Å². The lowest BCUT2D eigenvalue weighted by molar-refractivity contribution is -0.131. The Hall–Kier alpha value is -3.42. The van der Waals surface area contributed by atoms with Gasteiger partial charge >= 0.3 is 11.7 Å². The standard InChI is InChI=1S/C30H38N4O4/c35-25(36)16-13-23-11-14-24(15-12-23)27-31-26-28(32-27)33(19-17-21-7-3-1-4-8-21)30(38)34(29(26)37)20-18-22-9-5-2-6-10-22/h11-16,21-22H,1-10,17-20H2,(H,31,32)(H,35,36)/b16-13+. The van der Waals surface area contributed by atoms with Gasteiger partial charge in [0.1, 0.15) is 11.5 Å². The molecule has 2 fully saturated rings. The molecule has 0 aliphatic heterocycles. The van der Waals surface area contributed by atoms with Crippen LogP contribution in [0.15, 0.2) is 39.9 Å². The van der Waals surface area contributed by atoms with Crippen molar-refractivity contribution in [1.82, 2.24) is 19.1 Å². The largest absolute Gasteiger partial charge is 0.478 e. The number of carboxylic acid groups (broad SMARTS) is 1. The number of aliphatic carboxylic acids is 1. The van der Waals surface area contributed by atoms with E-state index in [1.807, 2.05) is 12.1 Å². The zero-order chi connectivity index (χ0) is 26.5. The lowest BCUT2D eigenvalue weighted by atomic mass is 9.87. The Labute approximate surface area is 222 Å². The summed E-state index contributed by atoms with van der Waals surface area (Å²) in [5.41, 5.74) is 1.77. The summed E-state index contributed by atoms with van der Waals surface area (Å²) in [4.78, 5) is 46.0. The Bertz CT molecular complexity index is 1400. The number of nitrogens with one attached hydrogen (secondary N) is 1. The first kappa shape index (κ1) is 26.2. The van der Waals surface area contributed by atoms with E-state index < -0.39 is 5.97 Å². The Morgan fingerprint density at radius 1 is 0.895 bits per heavy atom. The maximum absolute atomic E-state index is 13.7. The van der Waals surface area contributed by atoms with Crippen LogP contribution in [0.1, 0.15) is 82.6 Å². The van der Waals surface area contributed by atoms with Crippen molar-refractivity contribution in [1.29, 1.82) is 0 Å². The van der Waals surface area contributed by atoms with Gasteiger partial charge in [0.15, 0.2) is 5.52 Å². The number of aryl methyl sites for hydroxylation is 1. The van der Waals surface area contributed by atoms with Gasteiger partial charge in [0.25, 0.3) is 5.56 Å². The van der Waals surface area contributed by atoms with Crippen molar-refractivity contribution in [3.8, 4) is 11.4 Å². The molecule has 0 spiro atoms. The highest BCUT2D eigenvalue weighted by Gasteiger charge is 2.21. The molecular weight excluding hydrogens is 480 g/mol. The zero-order valence-electron chi connectivity index (χ0n) is 22.0. The summed E-state index contributed by atoms with van der Waals surface area (Å²) in [7, 11) is 0. The van der Waals surface area contributed by atoms with Crippen LogP contribution < -0.4 is 11.2 Å². The molecule has 2 N–H and O–H groups in total. The number of H-pyrrole nitrogens is 1. The molecule has 2 heterocycles. The average molecular weight is 519 g/mol. The van der Waals surface area contributed by atoms with E-state index >= 15 is 0 Å². The summed E-state index contributed by atoms with van der Waals surface area (Å²) < 4.78 is 3.16. The summed E-state index contributed by atoms with van der Waals surface area (Å²) in [6, 6.07) is 7.29. The van der Waals surface area contributed by atoms with Crippen LogP contribution in [0, 0.1) is 11.8 Å². The third kappa shape index (κ3) is 6.00. The normalized spacial score (nSPS) is 17.5. The monoisotopic (exact) mass is 518 g/mol. The summed E-state index contributed by atoms with van der Waals surface area (Å²) >= 11 is 0. The topological polar surface area (TPSA) is 110 Å². The fourth-order valence-corrected chi connectivity index (χ4v) is 6.20. The molecule has 0 atom stereocenters. The number of nitrogens with zero attached hydrogens (tertiary/aromatic N) is 3. The number of carbonyl (C=O) groups is 1. The number of carboxylic acids is 1. The Balaban J connectivity index is 1.48. The Kier molecular flexibility index (Phi) is 8.25. The van der Waals surface area contributed by atoms with Crippen molar-refractivity contribution in [3.63, 3.8) is 0 Å². The second-order valence-electron chi connectivity index (χ2n) is 11.1. The van der Waals surface area contributed by atoms with Crippen LogP contribution in [-0.4, -0.2) is 30.2 Å². The number of benzene rings is 1. The van der Waals surface area contributed by atoms with Crippen LogP contribution in [0.2, 0.25) is 0 Å². The molecule has 0 saturated heterocycles. The van der Waals surface area contributed by atoms with Gasteiger partial charge in [-0.05, 0) is 36.3 Å². The van der Waals surface area contributed by atoms with Crippen LogP contribution in [0.25, 0.3) is 28.6 Å². The number of fused-ring (bicyclic) bond motifs is 1. The number of rotatable bonds is 9. The molecule has 0 amide bonds. The smallest absolute Gasteiger partial charge is 0.332 e. The van der Waals surface area contributed by atoms with Gasteiger partial charge in [0, 0.05) is 24.7 Å². The first-order chi connectivity index (χ1) is 18.5. The highest BCUT2D eigenvalue weighted by atomic mass is 16.4. The van der Waals surface area contributed by atoms with Crippen LogP contribution >= 0.6 is 0 Å². The van der Waals surface area contributed by atoms with E-state index in [9.17, 15) is 14.4 Å². The highest BCUT2D eigenvalue weighted by Crippen LogP contribution is 2.28. The van der Waals surface area contributed by atoms with E-state index in [1.54, 1.807) is 16.7 Å². The lowest BCUT2D eigenvalue weighted by Gasteiger charge is -2.23. The number of aromatic amines is 1. The summed E-state index contributed by atoms with van der Waals surface area (Å²) in [5.74, 6) is 0.714.